The summed E-state index contributed by atoms with van der Waals surface area (Å²) in [6.45, 7) is 4.14. The van der Waals surface area contributed by atoms with Gasteiger partial charge in [0.25, 0.3) is 0 Å². The fourth-order valence-corrected chi connectivity index (χ4v) is 1.36. The van der Waals surface area contributed by atoms with E-state index in [0.717, 1.165) is 11.6 Å². The Balaban J connectivity index is 2.26. The Morgan fingerprint density at radius 3 is 2.71 bits per heavy atom. The third kappa shape index (κ3) is 1.63. The molecule has 2 rings (SSSR count). The van der Waals surface area contributed by atoms with Crippen LogP contribution in [0.3, 0.4) is 0 Å². The van der Waals surface area contributed by atoms with Crippen molar-refractivity contribution in [1.82, 2.24) is 19.7 Å². The van der Waals surface area contributed by atoms with Crippen LogP contribution in [0.2, 0.25) is 5.28 Å². The van der Waals surface area contributed by atoms with E-state index >= 15 is 0 Å². The summed E-state index contributed by atoms with van der Waals surface area (Å²) in [5.74, 6) is 2.13. The Morgan fingerprint density at radius 2 is 2.21 bits per heavy atom. The number of aryl methyl sites for hydroxylation is 2. The molecular weight excluding hydrogens is 204 g/mol. The Kier molecular flexibility index (Phi) is 2.25. The average molecular weight is 213 g/mol. The zero-order valence-electron chi connectivity index (χ0n) is 7.86. The lowest BCUT2D eigenvalue weighted by Gasteiger charge is -2.00. The second kappa shape index (κ2) is 3.42. The molecule has 0 saturated carbocycles. The molecule has 74 valence electrons. The van der Waals surface area contributed by atoms with Gasteiger partial charge in [0, 0.05) is 0 Å². The summed E-state index contributed by atoms with van der Waals surface area (Å²) < 4.78 is 7.05. The van der Waals surface area contributed by atoms with Crippen LogP contribution in [0.4, 0.5) is 0 Å². The number of nitrogens with zero attached hydrogens (tertiary/aromatic N) is 4. The highest BCUT2D eigenvalue weighted by atomic mass is 35.5. The van der Waals surface area contributed by atoms with Crippen LogP contribution in [0, 0.1) is 13.8 Å². The first kappa shape index (κ1) is 9.21. The van der Waals surface area contributed by atoms with Crippen molar-refractivity contribution in [2.24, 2.45) is 0 Å². The smallest absolute Gasteiger partial charge is 0.225 e. The Labute approximate surface area is 85.7 Å². The van der Waals surface area contributed by atoms with E-state index < -0.39 is 0 Å². The molecular formula is C8H9ClN4O. The number of aromatic nitrogens is 4. The minimum absolute atomic E-state index is 0.346. The molecule has 0 radical (unpaired) electrons. The third-order valence-electron chi connectivity index (χ3n) is 1.85. The molecule has 0 atom stereocenters. The first-order valence-corrected chi connectivity index (χ1v) is 4.51. The predicted octanol–water partition coefficient (Wildman–Crippen LogP) is 1.58. The van der Waals surface area contributed by atoms with Crippen molar-refractivity contribution in [2.75, 3.05) is 0 Å². The predicted molar refractivity (Wildman–Crippen MR) is 50.1 cm³/mol. The van der Waals surface area contributed by atoms with Crippen LogP contribution < -0.4 is 0 Å². The molecule has 0 unspecified atom stereocenters. The lowest BCUT2D eigenvalue weighted by molar-refractivity contribution is 0.455. The van der Waals surface area contributed by atoms with Crippen molar-refractivity contribution in [1.29, 1.82) is 0 Å². The summed E-state index contributed by atoms with van der Waals surface area (Å²) in [6, 6.07) is 0. The quantitative estimate of drug-likeness (QED) is 0.759. The first-order valence-electron chi connectivity index (χ1n) is 4.13. The maximum Gasteiger partial charge on any atom is 0.225 e. The Hall–Kier alpha value is -1.36. The lowest BCUT2D eigenvalue weighted by atomic mass is 10.6. The van der Waals surface area contributed by atoms with E-state index in [4.69, 9.17) is 16.0 Å². The fraction of sp³-hybridized carbons (Fsp3) is 0.375. The van der Waals surface area contributed by atoms with Crippen molar-refractivity contribution in [3.63, 3.8) is 0 Å². The normalized spacial score (nSPS) is 10.8. The highest BCUT2D eigenvalue weighted by Gasteiger charge is 2.09. The summed E-state index contributed by atoms with van der Waals surface area (Å²) in [7, 11) is 0. The minimum atomic E-state index is 0.346. The Morgan fingerprint density at radius 1 is 1.43 bits per heavy atom. The van der Waals surface area contributed by atoms with Crippen LogP contribution >= 0.6 is 11.6 Å². The largest absolute Gasteiger partial charge is 0.444 e. The summed E-state index contributed by atoms with van der Waals surface area (Å²) in [5, 5.41) is 7.90. The van der Waals surface area contributed by atoms with E-state index in [1.165, 1.54) is 0 Å². The van der Waals surface area contributed by atoms with Crippen LogP contribution in [0.1, 0.15) is 17.5 Å². The van der Waals surface area contributed by atoms with E-state index in [0.29, 0.717) is 17.7 Å². The summed E-state index contributed by atoms with van der Waals surface area (Å²) in [6.07, 6.45) is 1.67. The number of halogens is 1. The molecule has 0 N–H and O–H groups in total. The van der Waals surface area contributed by atoms with Crippen molar-refractivity contribution < 1.29 is 4.42 Å². The molecule has 2 aromatic rings. The van der Waals surface area contributed by atoms with E-state index in [1.807, 2.05) is 13.8 Å². The van der Waals surface area contributed by atoms with Crippen molar-refractivity contribution in [3.05, 3.63) is 29.0 Å². The molecule has 2 heterocycles. The van der Waals surface area contributed by atoms with Crippen molar-refractivity contribution >= 4 is 11.6 Å². The van der Waals surface area contributed by atoms with Crippen LogP contribution in [0.25, 0.3) is 0 Å². The van der Waals surface area contributed by atoms with Crippen molar-refractivity contribution in [3.8, 4) is 0 Å². The SMILES string of the molecule is Cc1cnc(Cn2c(C)nnc2Cl)o1. The van der Waals surface area contributed by atoms with Gasteiger partial charge in [0.05, 0.1) is 6.20 Å². The van der Waals surface area contributed by atoms with Gasteiger partial charge in [-0.3, -0.25) is 4.57 Å². The monoisotopic (exact) mass is 212 g/mol. The maximum absolute atomic E-state index is 5.82. The van der Waals surface area contributed by atoms with Gasteiger partial charge in [0.2, 0.25) is 11.2 Å². The molecule has 0 aliphatic carbocycles. The summed E-state index contributed by atoms with van der Waals surface area (Å²) >= 11 is 5.82. The second-order valence-corrected chi connectivity index (χ2v) is 3.31. The number of oxazole rings is 1. The molecule has 0 fully saturated rings. The average Bonchev–Trinajstić information content (AvgIpc) is 2.67. The minimum Gasteiger partial charge on any atom is -0.444 e. The molecule has 6 heteroatoms. The zero-order valence-corrected chi connectivity index (χ0v) is 8.62. The molecule has 0 aliphatic rings. The highest BCUT2D eigenvalue weighted by Crippen LogP contribution is 2.11. The Bertz CT molecular complexity index is 428. The van der Waals surface area contributed by atoms with Gasteiger partial charge in [-0.25, -0.2) is 4.98 Å². The van der Waals surface area contributed by atoms with Crippen LogP contribution in [0.5, 0.6) is 0 Å². The van der Waals surface area contributed by atoms with E-state index in [-0.39, 0.29) is 0 Å². The standard InChI is InChI=1S/C8H9ClN4O/c1-5-3-10-7(14-5)4-13-6(2)11-12-8(13)9/h3H,4H2,1-2H3. The van der Waals surface area contributed by atoms with E-state index in [9.17, 15) is 0 Å². The van der Waals surface area contributed by atoms with Gasteiger partial charge in [-0.05, 0) is 25.4 Å². The van der Waals surface area contributed by atoms with Gasteiger partial charge >= 0.3 is 0 Å². The van der Waals surface area contributed by atoms with E-state index in [1.54, 1.807) is 10.8 Å². The van der Waals surface area contributed by atoms with Gasteiger partial charge in [-0.15, -0.1) is 10.2 Å². The maximum atomic E-state index is 5.82. The summed E-state index contributed by atoms with van der Waals surface area (Å²) in [4.78, 5) is 4.07. The first-order chi connectivity index (χ1) is 6.66. The van der Waals surface area contributed by atoms with Gasteiger partial charge in [0.15, 0.2) is 0 Å². The number of hydrogen-bond acceptors (Lipinski definition) is 4. The van der Waals surface area contributed by atoms with Crippen molar-refractivity contribution in [2.45, 2.75) is 20.4 Å². The zero-order chi connectivity index (χ0) is 10.1. The number of rotatable bonds is 2. The molecule has 0 bridgehead atoms. The molecule has 2 aromatic heterocycles. The van der Waals surface area contributed by atoms with Crippen LogP contribution in [0.15, 0.2) is 10.6 Å². The number of hydrogen-bond donors (Lipinski definition) is 0. The molecule has 0 aromatic carbocycles. The second-order valence-electron chi connectivity index (χ2n) is 2.97. The van der Waals surface area contributed by atoms with Gasteiger partial charge in [-0.2, -0.15) is 0 Å². The van der Waals surface area contributed by atoms with E-state index in [2.05, 4.69) is 15.2 Å². The van der Waals surface area contributed by atoms with Crippen LogP contribution in [-0.4, -0.2) is 19.7 Å². The van der Waals surface area contributed by atoms with Gasteiger partial charge in [-0.1, -0.05) is 0 Å². The molecule has 0 amide bonds. The molecule has 0 saturated heterocycles. The van der Waals surface area contributed by atoms with Crippen LogP contribution in [-0.2, 0) is 6.54 Å². The fourth-order valence-electron chi connectivity index (χ4n) is 1.14. The molecule has 5 nitrogen and oxygen atoms in total. The third-order valence-corrected chi connectivity index (χ3v) is 2.13. The molecule has 0 aliphatic heterocycles. The summed E-state index contributed by atoms with van der Waals surface area (Å²) in [5.41, 5.74) is 0. The molecule has 0 spiro atoms. The highest BCUT2D eigenvalue weighted by molar-refractivity contribution is 6.28. The van der Waals surface area contributed by atoms with Gasteiger partial charge < -0.3 is 4.42 Å². The topological polar surface area (TPSA) is 56.7 Å². The lowest BCUT2D eigenvalue weighted by Crippen LogP contribution is -2.02. The van der Waals surface area contributed by atoms with Gasteiger partial charge in [0.1, 0.15) is 18.1 Å². The molecule has 14 heavy (non-hydrogen) atoms.